The Morgan fingerprint density at radius 3 is 2.75 bits per heavy atom. The smallest absolute Gasteiger partial charge is 0.412 e. The lowest BCUT2D eigenvalue weighted by molar-refractivity contribution is -0.0183. The molecule has 2 aromatic rings. The average Bonchev–Trinajstić information content (AvgIpc) is 3.16. The second kappa shape index (κ2) is 8.93. The summed E-state index contributed by atoms with van der Waals surface area (Å²) in [5.41, 5.74) is 1.88. The van der Waals surface area contributed by atoms with Gasteiger partial charge in [0.1, 0.15) is 5.82 Å². The van der Waals surface area contributed by atoms with Gasteiger partial charge in [0.2, 0.25) is 0 Å². The number of anilines is 2. The number of carbonyl (C=O) groups is 1. The molecule has 1 aromatic carbocycles. The Kier molecular flexibility index (Phi) is 6.23. The molecule has 0 spiro atoms. The van der Waals surface area contributed by atoms with Gasteiger partial charge in [-0.2, -0.15) is 4.98 Å². The second-order valence-electron chi connectivity index (χ2n) is 8.36. The monoisotopic (exact) mass is 460 g/mol. The van der Waals surface area contributed by atoms with E-state index in [4.69, 9.17) is 9.47 Å². The van der Waals surface area contributed by atoms with Gasteiger partial charge in [-0.3, -0.25) is 4.90 Å². The number of piperidine rings is 1. The van der Waals surface area contributed by atoms with Crippen molar-refractivity contribution in [2.45, 2.75) is 56.8 Å². The summed E-state index contributed by atoms with van der Waals surface area (Å²) in [5, 5.41) is 0. The van der Waals surface area contributed by atoms with Crippen molar-refractivity contribution in [1.29, 1.82) is 0 Å². The first-order chi connectivity index (χ1) is 15.2. The molecular formula is C22H28N4O5S. The summed E-state index contributed by atoms with van der Waals surface area (Å²) in [6, 6.07) is 7.14. The molecule has 2 aliphatic heterocycles. The van der Waals surface area contributed by atoms with Crippen LogP contribution in [-0.2, 0) is 21.0 Å². The molecule has 1 atom stereocenters. The number of hydrogen-bond donors (Lipinski definition) is 0. The van der Waals surface area contributed by atoms with Crippen molar-refractivity contribution in [2.75, 3.05) is 24.2 Å². The molecule has 1 aromatic heterocycles. The Morgan fingerprint density at radius 1 is 1.19 bits per heavy atom. The predicted molar refractivity (Wildman–Crippen MR) is 119 cm³/mol. The van der Waals surface area contributed by atoms with Crippen LogP contribution in [0.5, 0.6) is 6.01 Å². The third-order valence-corrected chi connectivity index (χ3v) is 6.64. The largest absolute Gasteiger partial charge is 0.447 e. The van der Waals surface area contributed by atoms with E-state index in [-0.39, 0.29) is 12.1 Å². The Morgan fingerprint density at radius 2 is 2.00 bits per heavy atom. The van der Waals surface area contributed by atoms with Gasteiger partial charge in [0, 0.05) is 37.7 Å². The van der Waals surface area contributed by atoms with E-state index < -0.39 is 22.2 Å². The van der Waals surface area contributed by atoms with Gasteiger partial charge in [-0.1, -0.05) is 0 Å². The van der Waals surface area contributed by atoms with E-state index in [0.717, 1.165) is 30.5 Å². The first-order valence-corrected chi connectivity index (χ1v) is 12.7. The summed E-state index contributed by atoms with van der Waals surface area (Å²) in [5.74, 6) is 0.660. The van der Waals surface area contributed by atoms with Crippen molar-refractivity contribution in [1.82, 2.24) is 14.9 Å². The topological polar surface area (TPSA) is 102 Å². The maximum atomic E-state index is 12.5. The highest BCUT2D eigenvalue weighted by atomic mass is 32.2. The van der Waals surface area contributed by atoms with Crippen LogP contribution in [0.4, 0.5) is 16.3 Å². The lowest BCUT2D eigenvalue weighted by atomic mass is 10.1. The Bertz CT molecular complexity index is 1110. The normalized spacial score (nSPS) is 18.6. The second-order valence-corrected chi connectivity index (χ2v) is 10.4. The quantitative estimate of drug-likeness (QED) is 0.670. The SMILES string of the molecule is CC(C)OC(=O)N1CCCCC1Oc1nccc(N2CCc3cc(S(C)(=O)=O)ccc32)n1. The van der Waals surface area contributed by atoms with Gasteiger partial charge in [0.15, 0.2) is 16.1 Å². The van der Waals surface area contributed by atoms with E-state index >= 15 is 0 Å². The van der Waals surface area contributed by atoms with Gasteiger partial charge in [0.05, 0.1) is 11.0 Å². The molecule has 1 fully saturated rings. The number of fused-ring (bicyclic) bond motifs is 1. The van der Waals surface area contributed by atoms with Crippen molar-refractivity contribution >= 4 is 27.4 Å². The van der Waals surface area contributed by atoms with Gasteiger partial charge < -0.3 is 14.4 Å². The third-order valence-electron chi connectivity index (χ3n) is 5.53. The molecule has 1 saturated heterocycles. The summed E-state index contributed by atoms with van der Waals surface area (Å²) in [6.45, 7) is 4.88. The fourth-order valence-corrected chi connectivity index (χ4v) is 4.68. The molecule has 172 valence electrons. The molecule has 2 aliphatic rings. The zero-order chi connectivity index (χ0) is 22.9. The Balaban J connectivity index is 1.53. The number of sulfone groups is 1. The highest BCUT2D eigenvalue weighted by Crippen LogP contribution is 2.35. The third kappa shape index (κ3) is 4.79. The number of hydrogen-bond acceptors (Lipinski definition) is 8. The Hall–Kier alpha value is -2.88. The summed E-state index contributed by atoms with van der Waals surface area (Å²) >= 11 is 0. The zero-order valence-electron chi connectivity index (χ0n) is 18.5. The number of amides is 1. The number of aromatic nitrogens is 2. The molecule has 9 nitrogen and oxygen atoms in total. The highest BCUT2D eigenvalue weighted by molar-refractivity contribution is 7.90. The minimum absolute atomic E-state index is 0.193. The molecule has 10 heteroatoms. The summed E-state index contributed by atoms with van der Waals surface area (Å²) < 4.78 is 35.1. The van der Waals surface area contributed by atoms with Crippen LogP contribution in [-0.4, -0.2) is 61.1 Å². The fourth-order valence-electron chi connectivity index (χ4n) is 4.01. The first kappa shape index (κ1) is 22.3. The number of likely N-dealkylation sites (tertiary alicyclic amines) is 1. The van der Waals surface area contributed by atoms with Crippen molar-refractivity contribution in [2.24, 2.45) is 0 Å². The minimum Gasteiger partial charge on any atom is -0.447 e. The van der Waals surface area contributed by atoms with E-state index in [2.05, 4.69) is 9.97 Å². The molecule has 0 bridgehead atoms. The first-order valence-electron chi connectivity index (χ1n) is 10.8. The van der Waals surface area contributed by atoms with Crippen molar-refractivity contribution in [3.63, 3.8) is 0 Å². The molecule has 4 rings (SSSR count). The lowest BCUT2D eigenvalue weighted by Crippen LogP contribution is -2.47. The predicted octanol–water partition coefficient (Wildman–Crippen LogP) is 3.31. The van der Waals surface area contributed by atoms with E-state index in [0.29, 0.717) is 30.2 Å². The maximum absolute atomic E-state index is 12.5. The number of rotatable bonds is 5. The van der Waals surface area contributed by atoms with Gasteiger partial charge >= 0.3 is 12.1 Å². The molecule has 0 N–H and O–H groups in total. The number of carbonyl (C=O) groups excluding carboxylic acids is 1. The molecule has 1 amide bonds. The number of nitrogens with zero attached hydrogens (tertiary/aromatic N) is 4. The van der Waals surface area contributed by atoms with Crippen LogP contribution in [0.25, 0.3) is 0 Å². The molecule has 3 heterocycles. The molecular weight excluding hydrogens is 432 g/mol. The van der Waals surface area contributed by atoms with Gasteiger partial charge in [-0.15, -0.1) is 0 Å². The Labute approximate surface area is 188 Å². The van der Waals surface area contributed by atoms with Crippen LogP contribution in [0, 0.1) is 0 Å². The summed E-state index contributed by atoms with van der Waals surface area (Å²) in [7, 11) is -3.26. The molecule has 0 radical (unpaired) electrons. The molecule has 0 aliphatic carbocycles. The zero-order valence-corrected chi connectivity index (χ0v) is 19.3. The molecule has 0 saturated carbocycles. The van der Waals surface area contributed by atoms with E-state index in [1.54, 1.807) is 29.3 Å². The van der Waals surface area contributed by atoms with Crippen LogP contribution in [0.2, 0.25) is 0 Å². The van der Waals surface area contributed by atoms with Crippen LogP contribution < -0.4 is 9.64 Å². The summed E-state index contributed by atoms with van der Waals surface area (Å²) in [4.78, 5) is 25.2. The van der Waals surface area contributed by atoms with Gasteiger partial charge in [-0.25, -0.2) is 18.2 Å². The number of ether oxygens (including phenoxy) is 2. The minimum atomic E-state index is -3.26. The molecule has 32 heavy (non-hydrogen) atoms. The van der Waals surface area contributed by atoms with Crippen molar-refractivity contribution < 1.29 is 22.7 Å². The van der Waals surface area contributed by atoms with Crippen LogP contribution >= 0.6 is 0 Å². The van der Waals surface area contributed by atoms with E-state index in [9.17, 15) is 13.2 Å². The van der Waals surface area contributed by atoms with E-state index in [1.807, 2.05) is 24.8 Å². The standard InChI is InChI=1S/C22H28N4O5S/c1-15(2)30-22(27)26-12-5-4-6-20(26)31-21-23-11-9-19(24-21)25-13-10-16-14-17(32(3,28)29)7-8-18(16)25/h7-9,11,14-15,20H,4-6,10,12-13H2,1-3H3. The summed E-state index contributed by atoms with van der Waals surface area (Å²) in [6.07, 6.45) is 5.00. The average molecular weight is 461 g/mol. The van der Waals surface area contributed by atoms with Crippen LogP contribution in [0.1, 0.15) is 38.7 Å². The van der Waals surface area contributed by atoms with Gasteiger partial charge in [-0.05, 0) is 62.9 Å². The van der Waals surface area contributed by atoms with Crippen LogP contribution in [0.3, 0.4) is 0 Å². The van der Waals surface area contributed by atoms with Crippen LogP contribution in [0.15, 0.2) is 35.4 Å². The fraction of sp³-hybridized carbons (Fsp3) is 0.500. The molecule has 1 unspecified atom stereocenters. The van der Waals surface area contributed by atoms with Crippen molar-refractivity contribution in [3.05, 3.63) is 36.0 Å². The van der Waals surface area contributed by atoms with Gasteiger partial charge in [0.25, 0.3) is 0 Å². The maximum Gasteiger partial charge on any atom is 0.412 e. The van der Waals surface area contributed by atoms with Crippen molar-refractivity contribution in [3.8, 4) is 6.01 Å². The number of benzene rings is 1. The highest BCUT2D eigenvalue weighted by Gasteiger charge is 2.31. The van der Waals surface area contributed by atoms with E-state index in [1.165, 1.54) is 6.26 Å². The lowest BCUT2D eigenvalue weighted by Gasteiger charge is -2.34.